The molecule has 3 rings (SSSR count). The van der Waals surface area contributed by atoms with Crippen molar-refractivity contribution in [1.29, 1.82) is 0 Å². The SMILES string of the molecule is CCCOc1ccc(-c2nc(-c3ccc(OC(C)C)c(I)c3)no2)cc1F. The highest BCUT2D eigenvalue weighted by Crippen LogP contribution is 2.30. The number of halogens is 2. The number of aromatic nitrogens is 2. The Morgan fingerprint density at radius 1 is 1.11 bits per heavy atom. The van der Waals surface area contributed by atoms with E-state index in [0.29, 0.717) is 18.0 Å². The maximum atomic E-state index is 14.2. The smallest absolute Gasteiger partial charge is 0.258 e. The topological polar surface area (TPSA) is 57.4 Å². The Morgan fingerprint density at radius 2 is 1.85 bits per heavy atom. The zero-order valence-electron chi connectivity index (χ0n) is 15.3. The second-order valence-corrected chi connectivity index (χ2v) is 7.39. The Hall–Kier alpha value is -2.16. The fraction of sp³-hybridized carbons (Fsp3) is 0.300. The maximum absolute atomic E-state index is 14.2. The minimum absolute atomic E-state index is 0.0975. The normalized spacial score (nSPS) is 11.0. The van der Waals surface area contributed by atoms with Gasteiger partial charge in [0.05, 0.1) is 16.3 Å². The first kappa shape index (κ1) is 19.6. The van der Waals surface area contributed by atoms with Crippen LogP contribution >= 0.6 is 22.6 Å². The Bertz CT molecular complexity index is 927. The van der Waals surface area contributed by atoms with E-state index in [9.17, 15) is 4.39 Å². The van der Waals surface area contributed by atoms with Crippen LogP contribution in [-0.2, 0) is 0 Å². The lowest BCUT2D eigenvalue weighted by Crippen LogP contribution is -2.06. The standard InChI is InChI=1S/C20H20FIN2O3/c1-4-9-25-17-7-6-14(10-15(17)21)20-23-19(24-27-20)13-5-8-18(16(22)11-13)26-12(2)3/h5-8,10-12H,4,9H2,1-3H3. The summed E-state index contributed by atoms with van der Waals surface area (Å²) in [4.78, 5) is 4.39. The van der Waals surface area contributed by atoms with Gasteiger partial charge in [0.2, 0.25) is 5.82 Å². The third-order valence-corrected chi connectivity index (χ3v) is 4.46. The highest BCUT2D eigenvalue weighted by molar-refractivity contribution is 14.1. The van der Waals surface area contributed by atoms with Crippen molar-refractivity contribution >= 4 is 22.6 Å². The van der Waals surface area contributed by atoms with E-state index in [1.807, 2.05) is 39.0 Å². The van der Waals surface area contributed by atoms with Crippen molar-refractivity contribution in [3.63, 3.8) is 0 Å². The summed E-state index contributed by atoms with van der Waals surface area (Å²) in [7, 11) is 0. The molecular formula is C20H20FIN2O3. The van der Waals surface area contributed by atoms with Crippen molar-refractivity contribution < 1.29 is 18.4 Å². The van der Waals surface area contributed by atoms with Gasteiger partial charge in [-0.2, -0.15) is 4.98 Å². The third-order valence-electron chi connectivity index (χ3n) is 3.62. The van der Waals surface area contributed by atoms with Crippen molar-refractivity contribution in [3.8, 4) is 34.3 Å². The van der Waals surface area contributed by atoms with Crippen LogP contribution in [0.15, 0.2) is 40.9 Å². The second-order valence-electron chi connectivity index (χ2n) is 6.23. The molecule has 0 bridgehead atoms. The molecule has 0 N–H and O–H groups in total. The number of hydrogen-bond donors (Lipinski definition) is 0. The Labute approximate surface area is 171 Å². The van der Waals surface area contributed by atoms with Crippen LogP contribution in [0.25, 0.3) is 22.8 Å². The number of hydrogen-bond acceptors (Lipinski definition) is 5. The van der Waals surface area contributed by atoms with E-state index in [4.69, 9.17) is 14.0 Å². The van der Waals surface area contributed by atoms with E-state index in [-0.39, 0.29) is 17.7 Å². The molecular weight excluding hydrogens is 462 g/mol. The Morgan fingerprint density at radius 3 is 2.52 bits per heavy atom. The van der Waals surface area contributed by atoms with Crippen LogP contribution in [0.4, 0.5) is 4.39 Å². The van der Waals surface area contributed by atoms with E-state index >= 15 is 0 Å². The van der Waals surface area contributed by atoms with E-state index in [1.165, 1.54) is 6.07 Å². The molecule has 0 amide bonds. The van der Waals surface area contributed by atoms with Gasteiger partial charge in [-0.3, -0.25) is 0 Å². The predicted molar refractivity (Wildman–Crippen MR) is 109 cm³/mol. The summed E-state index contributed by atoms with van der Waals surface area (Å²) < 4.78 is 31.5. The first-order valence-corrected chi connectivity index (χ1v) is 9.78. The van der Waals surface area contributed by atoms with Crippen molar-refractivity contribution in [2.45, 2.75) is 33.3 Å². The number of nitrogens with zero attached hydrogens (tertiary/aromatic N) is 2. The number of ether oxygens (including phenoxy) is 2. The summed E-state index contributed by atoms with van der Waals surface area (Å²) in [6.45, 7) is 6.39. The van der Waals surface area contributed by atoms with Crippen LogP contribution in [0.3, 0.4) is 0 Å². The molecule has 0 radical (unpaired) electrons. The molecule has 0 aliphatic heterocycles. The fourth-order valence-electron chi connectivity index (χ4n) is 2.41. The quantitative estimate of drug-likeness (QED) is 0.403. The average molecular weight is 482 g/mol. The van der Waals surface area contributed by atoms with E-state index in [0.717, 1.165) is 21.3 Å². The van der Waals surface area contributed by atoms with Gasteiger partial charge in [0.25, 0.3) is 5.89 Å². The minimum atomic E-state index is -0.453. The summed E-state index contributed by atoms with van der Waals surface area (Å²) in [6, 6.07) is 10.3. The lowest BCUT2D eigenvalue weighted by molar-refractivity contribution is 0.240. The second kappa shape index (κ2) is 8.69. The molecule has 0 unspecified atom stereocenters. The Kier molecular flexibility index (Phi) is 6.30. The molecule has 0 saturated carbocycles. The molecule has 0 spiro atoms. The minimum Gasteiger partial charge on any atom is -0.491 e. The Balaban J connectivity index is 1.82. The first-order valence-electron chi connectivity index (χ1n) is 8.71. The molecule has 0 aliphatic rings. The zero-order chi connectivity index (χ0) is 19.4. The summed E-state index contributed by atoms with van der Waals surface area (Å²) in [5.74, 6) is 1.26. The van der Waals surface area contributed by atoms with Crippen LogP contribution in [0.2, 0.25) is 0 Å². The molecule has 0 atom stereocenters. The van der Waals surface area contributed by atoms with Gasteiger partial charge < -0.3 is 14.0 Å². The van der Waals surface area contributed by atoms with Gasteiger partial charge in [-0.25, -0.2) is 4.39 Å². The van der Waals surface area contributed by atoms with Gasteiger partial charge in [0, 0.05) is 11.1 Å². The molecule has 1 aromatic heterocycles. The molecule has 0 aliphatic carbocycles. The van der Waals surface area contributed by atoms with E-state index in [1.54, 1.807) is 12.1 Å². The van der Waals surface area contributed by atoms with Crippen LogP contribution in [0.5, 0.6) is 11.5 Å². The molecule has 0 saturated heterocycles. The monoisotopic (exact) mass is 482 g/mol. The predicted octanol–water partition coefficient (Wildman–Crippen LogP) is 5.72. The van der Waals surface area contributed by atoms with Crippen molar-refractivity contribution in [2.24, 2.45) is 0 Å². The van der Waals surface area contributed by atoms with E-state index in [2.05, 4.69) is 32.7 Å². The summed E-state index contributed by atoms with van der Waals surface area (Å²) >= 11 is 2.21. The fourth-order valence-corrected chi connectivity index (χ4v) is 3.05. The van der Waals surface area contributed by atoms with Gasteiger partial charge in [0.15, 0.2) is 11.6 Å². The number of benzene rings is 2. The molecule has 142 valence electrons. The highest BCUT2D eigenvalue weighted by atomic mass is 127. The molecule has 27 heavy (non-hydrogen) atoms. The van der Waals surface area contributed by atoms with Gasteiger partial charge in [-0.15, -0.1) is 0 Å². The summed E-state index contributed by atoms with van der Waals surface area (Å²) in [5.41, 5.74) is 1.30. The lowest BCUT2D eigenvalue weighted by atomic mass is 10.2. The molecule has 2 aromatic carbocycles. The molecule has 7 heteroatoms. The average Bonchev–Trinajstić information content (AvgIpc) is 3.12. The third kappa shape index (κ3) is 4.77. The first-order chi connectivity index (χ1) is 13.0. The van der Waals surface area contributed by atoms with Crippen molar-refractivity contribution in [1.82, 2.24) is 10.1 Å². The zero-order valence-corrected chi connectivity index (χ0v) is 17.5. The van der Waals surface area contributed by atoms with Gasteiger partial charge >= 0.3 is 0 Å². The van der Waals surface area contributed by atoms with Crippen molar-refractivity contribution in [3.05, 3.63) is 45.8 Å². The highest BCUT2D eigenvalue weighted by Gasteiger charge is 2.15. The molecule has 1 heterocycles. The number of rotatable bonds is 7. The van der Waals surface area contributed by atoms with Crippen LogP contribution in [0, 0.1) is 9.39 Å². The molecule has 3 aromatic rings. The summed E-state index contributed by atoms with van der Waals surface area (Å²) in [6.07, 6.45) is 0.911. The van der Waals surface area contributed by atoms with Gasteiger partial charge in [-0.05, 0) is 79.3 Å². The van der Waals surface area contributed by atoms with E-state index < -0.39 is 5.82 Å². The van der Waals surface area contributed by atoms with Gasteiger partial charge in [0.1, 0.15) is 5.75 Å². The van der Waals surface area contributed by atoms with Crippen LogP contribution < -0.4 is 9.47 Å². The largest absolute Gasteiger partial charge is 0.491 e. The van der Waals surface area contributed by atoms with Crippen LogP contribution in [-0.4, -0.2) is 22.9 Å². The maximum Gasteiger partial charge on any atom is 0.258 e. The van der Waals surface area contributed by atoms with Crippen molar-refractivity contribution in [2.75, 3.05) is 6.61 Å². The molecule has 0 fully saturated rings. The van der Waals surface area contributed by atoms with Gasteiger partial charge in [-0.1, -0.05) is 12.1 Å². The lowest BCUT2D eigenvalue weighted by Gasteiger charge is -2.11. The molecule has 5 nitrogen and oxygen atoms in total. The van der Waals surface area contributed by atoms with Crippen LogP contribution in [0.1, 0.15) is 27.2 Å². The summed E-state index contributed by atoms with van der Waals surface area (Å²) in [5, 5.41) is 4.01.